The van der Waals surface area contributed by atoms with Crippen LogP contribution in [0.2, 0.25) is 0 Å². The molecule has 0 bridgehead atoms. The van der Waals surface area contributed by atoms with E-state index in [1.165, 1.54) is 0 Å². The second-order valence-electron chi connectivity index (χ2n) is 4.12. The van der Waals surface area contributed by atoms with E-state index in [0.717, 1.165) is 18.5 Å². The van der Waals surface area contributed by atoms with Gasteiger partial charge in [-0.25, -0.2) is 0 Å². The molecule has 0 radical (unpaired) electrons. The van der Waals surface area contributed by atoms with E-state index in [0.29, 0.717) is 17.5 Å². The van der Waals surface area contributed by atoms with Crippen molar-refractivity contribution in [2.75, 3.05) is 24.7 Å². The molecule has 0 aliphatic heterocycles. The van der Waals surface area contributed by atoms with Crippen LogP contribution in [0.5, 0.6) is 5.75 Å². The number of nitrogen functional groups attached to an aromatic ring is 1. The molecule has 17 heavy (non-hydrogen) atoms. The molecule has 0 saturated heterocycles. The molecular formula is C12H17N3O2. The Morgan fingerprint density at radius 1 is 1.53 bits per heavy atom. The van der Waals surface area contributed by atoms with E-state index < -0.39 is 0 Å². The van der Waals surface area contributed by atoms with Gasteiger partial charge in [0.25, 0.3) is 0 Å². The summed E-state index contributed by atoms with van der Waals surface area (Å²) in [6, 6.07) is 5.82. The lowest BCUT2D eigenvalue weighted by Crippen LogP contribution is -2.31. The van der Waals surface area contributed by atoms with Crippen LogP contribution in [0.4, 0.5) is 11.4 Å². The third-order valence-corrected chi connectivity index (χ3v) is 2.67. The molecular weight excluding hydrogens is 218 g/mol. The molecule has 0 spiro atoms. The minimum atomic E-state index is -0.00489. The predicted octanol–water partition coefficient (Wildman–Crippen LogP) is 0.968. The first kappa shape index (κ1) is 11.6. The van der Waals surface area contributed by atoms with E-state index in [1.54, 1.807) is 13.2 Å². The summed E-state index contributed by atoms with van der Waals surface area (Å²) in [6.07, 6.45) is 2.18. The highest BCUT2D eigenvalue weighted by atomic mass is 16.5. The molecule has 4 N–H and O–H groups in total. The topological polar surface area (TPSA) is 76.4 Å². The highest BCUT2D eigenvalue weighted by Crippen LogP contribution is 2.28. The molecule has 0 aromatic heterocycles. The molecule has 0 unspecified atom stereocenters. The average Bonchev–Trinajstić information content (AvgIpc) is 3.11. The smallest absolute Gasteiger partial charge is 0.239 e. The number of nitrogens with one attached hydrogen (secondary N) is 2. The summed E-state index contributed by atoms with van der Waals surface area (Å²) in [5.74, 6) is 0.604. The molecule has 5 heteroatoms. The molecule has 0 atom stereocenters. The molecule has 1 aromatic rings. The van der Waals surface area contributed by atoms with Crippen molar-refractivity contribution in [1.29, 1.82) is 0 Å². The van der Waals surface area contributed by atoms with E-state index in [-0.39, 0.29) is 12.5 Å². The van der Waals surface area contributed by atoms with Gasteiger partial charge in [0, 0.05) is 6.04 Å². The Kier molecular flexibility index (Phi) is 3.37. The van der Waals surface area contributed by atoms with Crippen molar-refractivity contribution in [3.63, 3.8) is 0 Å². The van der Waals surface area contributed by atoms with Gasteiger partial charge >= 0.3 is 0 Å². The molecule has 1 aromatic carbocycles. The Hall–Kier alpha value is -1.91. The van der Waals surface area contributed by atoms with E-state index in [9.17, 15) is 4.79 Å². The highest BCUT2D eigenvalue weighted by Gasteiger charge is 2.22. The van der Waals surface area contributed by atoms with Crippen LogP contribution in [-0.2, 0) is 4.79 Å². The third-order valence-electron chi connectivity index (χ3n) is 2.67. The summed E-state index contributed by atoms with van der Waals surface area (Å²) in [5, 5.41) is 5.90. The van der Waals surface area contributed by atoms with Crippen LogP contribution in [-0.4, -0.2) is 25.6 Å². The molecule has 1 aliphatic rings. The maximum Gasteiger partial charge on any atom is 0.239 e. The van der Waals surface area contributed by atoms with E-state index >= 15 is 0 Å². The fourth-order valence-electron chi connectivity index (χ4n) is 1.56. The number of benzene rings is 1. The van der Waals surface area contributed by atoms with Crippen LogP contribution in [0.15, 0.2) is 18.2 Å². The highest BCUT2D eigenvalue weighted by molar-refractivity contribution is 5.83. The second kappa shape index (κ2) is 4.95. The van der Waals surface area contributed by atoms with E-state index in [4.69, 9.17) is 10.5 Å². The van der Waals surface area contributed by atoms with Crippen LogP contribution >= 0.6 is 0 Å². The first-order valence-corrected chi connectivity index (χ1v) is 5.66. The molecule has 0 heterocycles. The zero-order valence-electron chi connectivity index (χ0n) is 9.82. The standard InChI is InChI=1S/C12H17N3O2/c1-17-10-4-2-3-9(12(10)13)14-7-11(16)15-8-5-6-8/h2-4,8,14H,5-7,13H2,1H3,(H,15,16). The zero-order valence-corrected chi connectivity index (χ0v) is 9.82. The largest absolute Gasteiger partial charge is 0.495 e. The summed E-state index contributed by atoms with van der Waals surface area (Å²) in [6.45, 7) is 0.230. The number of anilines is 2. The lowest BCUT2D eigenvalue weighted by molar-refractivity contribution is -0.119. The summed E-state index contributed by atoms with van der Waals surface area (Å²) in [4.78, 5) is 11.5. The van der Waals surface area contributed by atoms with E-state index in [2.05, 4.69) is 10.6 Å². The van der Waals surface area contributed by atoms with Crippen molar-refractivity contribution >= 4 is 17.3 Å². The quantitative estimate of drug-likeness (QED) is 0.665. The summed E-state index contributed by atoms with van der Waals surface area (Å²) < 4.78 is 5.10. The van der Waals surface area contributed by atoms with Gasteiger partial charge < -0.3 is 21.1 Å². The lowest BCUT2D eigenvalue weighted by Gasteiger charge is -2.11. The van der Waals surface area contributed by atoms with Gasteiger partial charge in [0.2, 0.25) is 5.91 Å². The number of hydrogen-bond acceptors (Lipinski definition) is 4. The normalized spacial score (nSPS) is 14.2. The minimum absolute atomic E-state index is 0.00489. The van der Waals surface area contributed by atoms with Gasteiger partial charge in [-0.1, -0.05) is 6.07 Å². The van der Waals surface area contributed by atoms with Crippen molar-refractivity contribution in [3.05, 3.63) is 18.2 Å². The Morgan fingerprint density at radius 2 is 2.29 bits per heavy atom. The number of carbonyl (C=O) groups is 1. The van der Waals surface area contributed by atoms with Crippen LogP contribution in [0.1, 0.15) is 12.8 Å². The van der Waals surface area contributed by atoms with Gasteiger partial charge in [0.05, 0.1) is 25.0 Å². The molecule has 1 saturated carbocycles. The number of nitrogens with two attached hydrogens (primary N) is 1. The Labute approximate surface area is 100 Å². The van der Waals surface area contributed by atoms with Gasteiger partial charge in [0.15, 0.2) is 0 Å². The molecule has 1 fully saturated rings. The van der Waals surface area contributed by atoms with Crippen LogP contribution in [0.25, 0.3) is 0 Å². The van der Waals surface area contributed by atoms with Gasteiger partial charge in [-0.15, -0.1) is 0 Å². The number of amides is 1. The van der Waals surface area contributed by atoms with Crippen molar-refractivity contribution in [2.45, 2.75) is 18.9 Å². The van der Waals surface area contributed by atoms with Gasteiger partial charge in [0.1, 0.15) is 5.75 Å². The minimum Gasteiger partial charge on any atom is -0.495 e. The first-order chi connectivity index (χ1) is 8.20. The molecule has 2 rings (SSSR count). The fraction of sp³-hybridized carbons (Fsp3) is 0.417. The summed E-state index contributed by atoms with van der Waals surface area (Å²) in [7, 11) is 1.56. The SMILES string of the molecule is COc1cccc(NCC(=O)NC2CC2)c1N. The van der Waals surface area contributed by atoms with Crippen LogP contribution < -0.4 is 21.1 Å². The van der Waals surface area contributed by atoms with Crippen molar-refractivity contribution < 1.29 is 9.53 Å². The van der Waals surface area contributed by atoms with Crippen molar-refractivity contribution in [3.8, 4) is 5.75 Å². The maximum atomic E-state index is 11.5. The first-order valence-electron chi connectivity index (χ1n) is 5.66. The Balaban J connectivity index is 1.91. The Morgan fingerprint density at radius 3 is 2.94 bits per heavy atom. The number of carbonyl (C=O) groups excluding carboxylic acids is 1. The summed E-state index contributed by atoms with van der Waals surface area (Å²) >= 11 is 0. The van der Waals surface area contributed by atoms with Gasteiger partial charge in [-0.05, 0) is 25.0 Å². The fourth-order valence-corrected chi connectivity index (χ4v) is 1.56. The monoisotopic (exact) mass is 235 g/mol. The predicted molar refractivity (Wildman–Crippen MR) is 67.1 cm³/mol. The van der Waals surface area contributed by atoms with E-state index in [1.807, 2.05) is 12.1 Å². The molecule has 1 aliphatic carbocycles. The average molecular weight is 235 g/mol. The maximum absolute atomic E-state index is 11.5. The van der Waals surface area contributed by atoms with Crippen molar-refractivity contribution in [2.24, 2.45) is 0 Å². The summed E-state index contributed by atoms with van der Waals surface area (Å²) in [5.41, 5.74) is 7.11. The van der Waals surface area contributed by atoms with Crippen molar-refractivity contribution in [1.82, 2.24) is 5.32 Å². The molecule has 5 nitrogen and oxygen atoms in total. The molecule has 92 valence electrons. The number of ether oxygens (including phenoxy) is 1. The number of para-hydroxylation sites is 1. The number of rotatable bonds is 5. The number of hydrogen-bond donors (Lipinski definition) is 3. The van der Waals surface area contributed by atoms with Gasteiger partial charge in [-0.3, -0.25) is 4.79 Å². The zero-order chi connectivity index (χ0) is 12.3. The second-order valence-corrected chi connectivity index (χ2v) is 4.12. The van der Waals surface area contributed by atoms with Crippen LogP contribution in [0, 0.1) is 0 Å². The lowest BCUT2D eigenvalue weighted by atomic mass is 10.2. The van der Waals surface area contributed by atoms with Gasteiger partial charge in [-0.2, -0.15) is 0 Å². The Bertz CT molecular complexity index is 416. The molecule has 1 amide bonds. The third kappa shape index (κ3) is 3.03. The van der Waals surface area contributed by atoms with Crippen LogP contribution in [0.3, 0.4) is 0 Å². The number of methoxy groups -OCH3 is 1.